The second-order valence-corrected chi connectivity index (χ2v) is 8.61. The van der Waals surface area contributed by atoms with E-state index < -0.39 is 0 Å². The fourth-order valence-corrected chi connectivity index (χ4v) is 4.34. The highest BCUT2D eigenvalue weighted by Gasteiger charge is 2.33. The molecule has 9 nitrogen and oxygen atoms in total. The highest BCUT2D eigenvalue weighted by molar-refractivity contribution is 6.03. The molecule has 0 saturated carbocycles. The van der Waals surface area contributed by atoms with E-state index in [4.69, 9.17) is 18.9 Å². The summed E-state index contributed by atoms with van der Waals surface area (Å²) < 4.78 is 21.3. The van der Waals surface area contributed by atoms with Gasteiger partial charge in [0.2, 0.25) is 17.6 Å². The van der Waals surface area contributed by atoms with Crippen LogP contribution >= 0.6 is 0 Å². The molecule has 9 heteroatoms. The number of hydrazone groups is 1. The van der Waals surface area contributed by atoms with Gasteiger partial charge in [-0.05, 0) is 23.3 Å². The minimum Gasteiger partial charge on any atom is -0.497 e. The first-order chi connectivity index (χ1) is 18.5. The van der Waals surface area contributed by atoms with Crippen LogP contribution in [0.5, 0.6) is 23.0 Å². The Morgan fingerprint density at radius 2 is 1.53 bits per heavy atom. The van der Waals surface area contributed by atoms with Crippen molar-refractivity contribution in [1.82, 2.24) is 5.01 Å². The Kier molecular flexibility index (Phi) is 8.47. The third-order valence-corrected chi connectivity index (χ3v) is 6.29. The smallest absolute Gasteiger partial charge is 0.243 e. The highest BCUT2D eigenvalue weighted by Crippen LogP contribution is 2.40. The minimum atomic E-state index is -0.319. The Morgan fingerprint density at radius 3 is 2.11 bits per heavy atom. The van der Waals surface area contributed by atoms with Crippen LogP contribution < -0.4 is 24.3 Å². The maximum Gasteiger partial charge on any atom is 0.243 e. The van der Waals surface area contributed by atoms with E-state index in [0.29, 0.717) is 29.4 Å². The first kappa shape index (κ1) is 26.5. The molecule has 3 aromatic carbocycles. The molecule has 0 saturated heterocycles. The number of anilines is 1. The summed E-state index contributed by atoms with van der Waals surface area (Å²) in [7, 11) is 6.12. The first-order valence-electron chi connectivity index (χ1n) is 12.2. The number of hydrogen-bond acceptors (Lipinski definition) is 7. The molecule has 0 spiro atoms. The van der Waals surface area contributed by atoms with Crippen molar-refractivity contribution in [1.29, 1.82) is 0 Å². The van der Waals surface area contributed by atoms with Crippen molar-refractivity contribution in [2.45, 2.75) is 25.3 Å². The standard InChI is InChI=1S/C29H31N3O6/c1-35-22-12-10-20(11-13-22)24-18-23(19-8-6-5-7-9-19)31-32(24)28(34)15-14-27(33)30-21-16-25(36-2)29(38-4)26(17-21)37-3/h5-13,16-17,24H,14-15,18H2,1-4H3,(H,30,33)/t24-/m0/s1. The van der Waals surface area contributed by atoms with Crippen molar-refractivity contribution in [3.8, 4) is 23.0 Å². The maximum atomic E-state index is 13.3. The van der Waals surface area contributed by atoms with Gasteiger partial charge in [-0.15, -0.1) is 0 Å². The zero-order valence-electron chi connectivity index (χ0n) is 21.9. The van der Waals surface area contributed by atoms with Crippen molar-refractivity contribution < 1.29 is 28.5 Å². The van der Waals surface area contributed by atoms with E-state index in [1.165, 1.54) is 26.3 Å². The third-order valence-electron chi connectivity index (χ3n) is 6.29. The molecule has 0 bridgehead atoms. The van der Waals surface area contributed by atoms with Gasteiger partial charge in [0.25, 0.3) is 0 Å². The molecule has 0 aromatic heterocycles. The average Bonchev–Trinajstić information content (AvgIpc) is 3.41. The Bertz CT molecular complexity index is 1280. The Balaban J connectivity index is 1.48. The summed E-state index contributed by atoms with van der Waals surface area (Å²) in [5.74, 6) is 1.43. The van der Waals surface area contributed by atoms with E-state index in [1.54, 1.807) is 19.2 Å². The molecule has 2 amide bonds. The van der Waals surface area contributed by atoms with Crippen LogP contribution in [0.3, 0.4) is 0 Å². The summed E-state index contributed by atoms with van der Waals surface area (Å²) in [5.41, 5.74) is 3.19. The van der Waals surface area contributed by atoms with Gasteiger partial charge in [0.1, 0.15) is 5.75 Å². The Labute approximate surface area is 222 Å². The number of carbonyl (C=O) groups is 2. The van der Waals surface area contributed by atoms with Gasteiger partial charge in [-0.1, -0.05) is 42.5 Å². The van der Waals surface area contributed by atoms with Gasteiger partial charge >= 0.3 is 0 Å². The van der Waals surface area contributed by atoms with Gasteiger partial charge < -0.3 is 24.3 Å². The van der Waals surface area contributed by atoms with E-state index in [9.17, 15) is 9.59 Å². The number of carbonyl (C=O) groups excluding carboxylic acids is 2. The number of nitrogens with one attached hydrogen (secondary N) is 1. The van der Waals surface area contributed by atoms with Crippen LogP contribution in [0.2, 0.25) is 0 Å². The van der Waals surface area contributed by atoms with Crippen molar-refractivity contribution in [3.05, 3.63) is 77.9 Å². The summed E-state index contributed by atoms with van der Waals surface area (Å²) in [5, 5.41) is 8.98. The van der Waals surface area contributed by atoms with Crippen LogP contribution in [-0.4, -0.2) is 51.0 Å². The van der Waals surface area contributed by atoms with Crippen LogP contribution in [-0.2, 0) is 9.59 Å². The van der Waals surface area contributed by atoms with Crippen LogP contribution in [0.25, 0.3) is 0 Å². The first-order valence-corrected chi connectivity index (χ1v) is 12.2. The van der Waals surface area contributed by atoms with Crippen molar-refractivity contribution in [2.75, 3.05) is 33.8 Å². The van der Waals surface area contributed by atoms with Crippen molar-refractivity contribution >= 4 is 23.2 Å². The molecule has 198 valence electrons. The van der Waals surface area contributed by atoms with E-state index in [1.807, 2.05) is 54.6 Å². The van der Waals surface area contributed by atoms with Gasteiger partial charge in [0.15, 0.2) is 11.5 Å². The van der Waals surface area contributed by atoms with Gasteiger partial charge in [-0.3, -0.25) is 9.59 Å². The molecule has 1 heterocycles. The van der Waals surface area contributed by atoms with E-state index in [-0.39, 0.29) is 30.7 Å². The second-order valence-electron chi connectivity index (χ2n) is 8.61. The number of rotatable bonds is 10. The van der Waals surface area contributed by atoms with Crippen LogP contribution in [0.15, 0.2) is 71.8 Å². The molecule has 0 aliphatic carbocycles. The Morgan fingerprint density at radius 1 is 0.868 bits per heavy atom. The monoisotopic (exact) mass is 517 g/mol. The zero-order chi connectivity index (χ0) is 27.1. The summed E-state index contributed by atoms with van der Waals surface area (Å²) >= 11 is 0. The topological polar surface area (TPSA) is 98.7 Å². The number of nitrogens with zero attached hydrogens (tertiary/aromatic N) is 2. The SMILES string of the molecule is COc1ccc([C@@H]2CC(c3ccccc3)=NN2C(=O)CCC(=O)Nc2cc(OC)c(OC)c(OC)c2)cc1. The quantitative estimate of drug-likeness (QED) is 0.414. The van der Waals surface area contributed by atoms with Gasteiger partial charge in [0.05, 0.1) is 40.2 Å². The molecule has 4 rings (SSSR count). The lowest BCUT2D eigenvalue weighted by Crippen LogP contribution is -2.28. The summed E-state index contributed by atoms with van der Waals surface area (Å²) in [6.45, 7) is 0. The molecule has 1 atom stereocenters. The molecule has 0 unspecified atom stereocenters. The average molecular weight is 518 g/mol. The predicted octanol–water partition coefficient (Wildman–Crippen LogP) is 4.82. The minimum absolute atomic E-state index is 0.00547. The normalized spacial score (nSPS) is 14.5. The van der Waals surface area contributed by atoms with Gasteiger partial charge in [0, 0.05) is 37.1 Å². The lowest BCUT2D eigenvalue weighted by atomic mass is 9.98. The molecule has 0 fully saturated rings. The van der Waals surface area contributed by atoms with Crippen LogP contribution in [0.1, 0.15) is 36.4 Å². The molecule has 38 heavy (non-hydrogen) atoms. The number of methoxy groups -OCH3 is 4. The van der Waals surface area contributed by atoms with Gasteiger partial charge in [-0.2, -0.15) is 5.10 Å². The Hall–Kier alpha value is -4.53. The number of ether oxygens (including phenoxy) is 4. The van der Waals surface area contributed by atoms with Crippen LogP contribution in [0, 0.1) is 0 Å². The molecule has 1 N–H and O–H groups in total. The number of benzene rings is 3. The summed E-state index contributed by atoms with van der Waals surface area (Å²) in [6.07, 6.45) is 0.547. The van der Waals surface area contributed by atoms with Crippen molar-refractivity contribution in [2.24, 2.45) is 5.10 Å². The fourth-order valence-electron chi connectivity index (χ4n) is 4.34. The second kappa shape index (κ2) is 12.1. The van der Waals surface area contributed by atoms with E-state index >= 15 is 0 Å². The molecule has 0 radical (unpaired) electrons. The molecule has 1 aliphatic rings. The van der Waals surface area contributed by atoms with E-state index in [0.717, 1.165) is 22.6 Å². The molecule has 1 aliphatic heterocycles. The lowest BCUT2D eigenvalue weighted by molar-refractivity contribution is -0.134. The lowest BCUT2D eigenvalue weighted by Gasteiger charge is -2.22. The number of amides is 2. The molecular formula is C29H31N3O6. The molecule has 3 aromatic rings. The predicted molar refractivity (Wildman–Crippen MR) is 144 cm³/mol. The van der Waals surface area contributed by atoms with Gasteiger partial charge in [-0.25, -0.2) is 5.01 Å². The summed E-state index contributed by atoms with van der Waals surface area (Å²) in [6, 6.07) is 20.4. The maximum absolute atomic E-state index is 13.3. The summed E-state index contributed by atoms with van der Waals surface area (Å²) in [4.78, 5) is 26.1. The fraction of sp³-hybridized carbons (Fsp3) is 0.276. The zero-order valence-corrected chi connectivity index (χ0v) is 21.9. The van der Waals surface area contributed by atoms with E-state index in [2.05, 4.69) is 10.4 Å². The van der Waals surface area contributed by atoms with Crippen LogP contribution in [0.4, 0.5) is 5.69 Å². The third kappa shape index (κ3) is 5.88. The van der Waals surface area contributed by atoms with Crippen molar-refractivity contribution in [3.63, 3.8) is 0 Å². The number of hydrogen-bond donors (Lipinski definition) is 1. The largest absolute Gasteiger partial charge is 0.497 e. The molecular weight excluding hydrogens is 486 g/mol. The highest BCUT2D eigenvalue weighted by atomic mass is 16.5.